The Morgan fingerprint density at radius 3 is 2.30 bits per heavy atom. The van der Waals surface area contributed by atoms with Gasteiger partial charge in [0.05, 0.1) is 0 Å². The number of nitrogens with zero attached hydrogens (tertiary/aromatic N) is 1. The Labute approximate surface area is 180 Å². The van der Waals surface area contributed by atoms with Crippen LogP contribution >= 0.6 is 0 Å². The SMILES string of the molecule is Cc1ccccc1CN(C(=O)COc1cccc(C)c1C)[C@H](C)C(=O)NCC(C)C. The van der Waals surface area contributed by atoms with Crippen LogP contribution in [0.1, 0.15) is 43.0 Å². The van der Waals surface area contributed by atoms with Gasteiger partial charge in [-0.25, -0.2) is 0 Å². The molecule has 5 nitrogen and oxygen atoms in total. The van der Waals surface area contributed by atoms with Crippen LogP contribution in [0.5, 0.6) is 5.75 Å². The molecule has 1 N–H and O–H groups in total. The summed E-state index contributed by atoms with van der Waals surface area (Å²) >= 11 is 0. The van der Waals surface area contributed by atoms with Crippen LogP contribution in [0.25, 0.3) is 0 Å². The molecule has 0 bridgehead atoms. The van der Waals surface area contributed by atoms with E-state index in [1.165, 1.54) is 0 Å². The van der Waals surface area contributed by atoms with Crippen molar-refractivity contribution in [2.24, 2.45) is 5.92 Å². The zero-order valence-corrected chi connectivity index (χ0v) is 19.0. The number of rotatable bonds is 9. The summed E-state index contributed by atoms with van der Waals surface area (Å²) < 4.78 is 5.83. The Balaban J connectivity index is 2.18. The van der Waals surface area contributed by atoms with Crippen molar-refractivity contribution < 1.29 is 14.3 Å². The van der Waals surface area contributed by atoms with E-state index in [4.69, 9.17) is 4.74 Å². The van der Waals surface area contributed by atoms with Gasteiger partial charge in [0.2, 0.25) is 5.91 Å². The van der Waals surface area contributed by atoms with Crippen LogP contribution in [-0.2, 0) is 16.1 Å². The Morgan fingerprint density at radius 2 is 1.63 bits per heavy atom. The molecule has 2 rings (SSSR count). The summed E-state index contributed by atoms with van der Waals surface area (Å²) in [6.45, 7) is 12.7. The number of amides is 2. The normalized spacial score (nSPS) is 11.8. The first kappa shape index (κ1) is 23.5. The maximum absolute atomic E-state index is 13.1. The van der Waals surface area contributed by atoms with Gasteiger partial charge in [-0.3, -0.25) is 9.59 Å². The van der Waals surface area contributed by atoms with Gasteiger partial charge in [-0.2, -0.15) is 0 Å². The standard InChI is InChI=1S/C25H34N2O3/c1-17(2)14-26-25(29)21(6)27(15-22-12-8-7-10-19(22)4)24(28)16-30-23-13-9-11-18(3)20(23)5/h7-13,17,21H,14-16H2,1-6H3,(H,26,29)/t21-/m1/s1. The number of aryl methyl sites for hydroxylation is 2. The third-order valence-electron chi connectivity index (χ3n) is 5.36. The number of carbonyl (C=O) groups excluding carboxylic acids is 2. The van der Waals surface area contributed by atoms with Crippen molar-refractivity contribution in [3.8, 4) is 5.75 Å². The molecule has 0 unspecified atom stereocenters. The monoisotopic (exact) mass is 410 g/mol. The third kappa shape index (κ3) is 6.34. The predicted octanol–water partition coefficient (Wildman–Crippen LogP) is 4.18. The Hall–Kier alpha value is -2.82. The van der Waals surface area contributed by atoms with Crippen molar-refractivity contribution in [3.63, 3.8) is 0 Å². The number of ether oxygens (including phenoxy) is 1. The molecule has 162 valence electrons. The molecule has 0 aliphatic heterocycles. The Morgan fingerprint density at radius 1 is 0.967 bits per heavy atom. The zero-order chi connectivity index (χ0) is 22.3. The second-order valence-corrected chi connectivity index (χ2v) is 8.25. The molecule has 30 heavy (non-hydrogen) atoms. The molecule has 0 fully saturated rings. The van der Waals surface area contributed by atoms with Gasteiger partial charge in [0.1, 0.15) is 11.8 Å². The summed E-state index contributed by atoms with van der Waals surface area (Å²) in [7, 11) is 0. The van der Waals surface area contributed by atoms with Crippen LogP contribution in [0.4, 0.5) is 0 Å². The highest BCUT2D eigenvalue weighted by atomic mass is 16.5. The van der Waals surface area contributed by atoms with Crippen LogP contribution in [-0.4, -0.2) is 35.9 Å². The maximum atomic E-state index is 13.1. The molecule has 2 amide bonds. The van der Waals surface area contributed by atoms with Gasteiger partial charge in [-0.15, -0.1) is 0 Å². The molecule has 0 spiro atoms. The van der Waals surface area contributed by atoms with Gasteiger partial charge in [0.25, 0.3) is 5.91 Å². The highest BCUT2D eigenvalue weighted by molar-refractivity contribution is 5.88. The number of nitrogens with one attached hydrogen (secondary N) is 1. The molecule has 5 heteroatoms. The lowest BCUT2D eigenvalue weighted by Crippen LogP contribution is -2.49. The minimum atomic E-state index is -0.599. The summed E-state index contributed by atoms with van der Waals surface area (Å²) in [5, 5.41) is 2.93. The van der Waals surface area contributed by atoms with E-state index in [1.54, 1.807) is 11.8 Å². The van der Waals surface area contributed by atoms with Crippen LogP contribution in [0.15, 0.2) is 42.5 Å². The summed E-state index contributed by atoms with van der Waals surface area (Å²) in [6.07, 6.45) is 0. The minimum Gasteiger partial charge on any atom is -0.483 e. The van der Waals surface area contributed by atoms with Crippen molar-refractivity contribution in [1.82, 2.24) is 10.2 Å². The smallest absolute Gasteiger partial charge is 0.261 e. The molecule has 2 aromatic rings. The lowest BCUT2D eigenvalue weighted by atomic mass is 10.1. The van der Waals surface area contributed by atoms with Gasteiger partial charge >= 0.3 is 0 Å². The van der Waals surface area contributed by atoms with Crippen molar-refractivity contribution in [3.05, 3.63) is 64.7 Å². The van der Waals surface area contributed by atoms with E-state index in [9.17, 15) is 9.59 Å². The largest absolute Gasteiger partial charge is 0.483 e. The number of carbonyl (C=O) groups is 2. The number of hydrogen-bond acceptors (Lipinski definition) is 3. The van der Waals surface area contributed by atoms with Crippen LogP contribution < -0.4 is 10.1 Å². The lowest BCUT2D eigenvalue weighted by molar-refractivity contribution is -0.142. The fraction of sp³-hybridized carbons (Fsp3) is 0.440. The first-order valence-corrected chi connectivity index (χ1v) is 10.5. The van der Waals surface area contributed by atoms with Gasteiger partial charge < -0.3 is 15.0 Å². The van der Waals surface area contributed by atoms with E-state index in [0.29, 0.717) is 24.8 Å². The van der Waals surface area contributed by atoms with E-state index < -0.39 is 6.04 Å². The maximum Gasteiger partial charge on any atom is 0.261 e. The molecule has 0 aromatic heterocycles. The third-order valence-corrected chi connectivity index (χ3v) is 5.36. The highest BCUT2D eigenvalue weighted by Crippen LogP contribution is 2.21. The quantitative estimate of drug-likeness (QED) is 0.675. The van der Waals surface area contributed by atoms with Gasteiger partial charge in [0, 0.05) is 13.1 Å². The Kier molecular flexibility index (Phi) is 8.46. The van der Waals surface area contributed by atoms with Gasteiger partial charge in [0.15, 0.2) is 6.61 Å². The van der Waals surface area contributed by atoms with Crippen LogP contribution in [0, 0.1) is 26.7 Å². The topological polar surface area (TPSA) is 58.6 Å². The van der Waals surface area contributed by atoms with Crippen molar-refractivity contribution in [2.75, 3.05) is 13.2 Å². The summed E-state index contributed by atoms with van der Waals surface area (Å²) in [4.78, 5) is 27.4. The van der Waals surface area contributed by atoms with E-state index in [-0.39, 0.29) is 18.4 Å². The zero-order valence-electron chi connectivity index (χ0n) is 19.0. The molecule has 2 aromatic carbocycles. The predicted molar refractivity (Wildman–Crippen MR) is 120 cm³/mol. The first-order valence-electron chi connectivity index (χ1n) is 10.5. The summed E-state index contributed by atoms with van der Waals surface area (Å²) in [5.41, 5.74) is 4.22. The molecule has 1 atom stereocenters. The fourth-order valence-electron chi connectivity index (χ4n) is 3.11. The van der Waals surface area contributed by atoms with Crippen molar-refractivity contribution in [1.29, 1.82) is 0 Å². The summed E-state index contributed by atoms with van der Waals surface area (Å²) in [6, 6.07) is 13.1. The average Bonchev–Trinajstić information content (AvgIpc) is 2.71. The molecule has 0 radical (unpaired) electrons. The van der Waals surface area contributed by atoms with Crippen LogP contribution in [0.3, 0.4) is 0 Å². The van der Waals surface area contributed by atoms with E-state index in [2.05, 4.69) is 5.32 Å². The van der Waals surface area contributed by atoms with E-state index in [0.717, 1.165) is 22.3 Å². The van der Waals surface area contributed by atoms with E-state index >= 15 is 0 Å². The molecule has 0 aliphatic rings. The average molecular weight is 411 g/mol. The van der Waals surface area contributed by atoms with Gasteiger partial charge in [-0.05, 0) is 61.9 Å². The Bertz CT molecular complexity index is 876. The second kappa shape index (κ2) is 10.8. The second-order valence-electron chi connectivity index (χ2n) is 8.25. The van der Waals surface area contributed by atoms with E-state index in [1.807, 2.05) is 77.1 Å². The van der Waals surface area contributed by atoms with Crippen LogP contribution in [0.2, 0.25) is 0 Å². The molecule has 0 aliphatic carbocycles. The molecule has 0 saturated carbocycles. The molecular weight excluding hydrogens is 376 g/mol. The molecular formula is C25H34N2O3. The summed E-state index contributed by atoms with van der Waals surface area (Å²) in [5.74, 6) is 0.661. The molecule has 0 saturated heterocycles. The molecule has 0 heterocycles. The minimum absolute atomic E-state index is 0.113. The lowest BCUT2D eigenvalue weighted by Gasteiger charge is -2.29. The number of benzene rings is 2. The van der Waals surface area contributed by atoms with Crippen molar-refractivity contribution >= 4 is 11.8 Å². The highest BCUT2D eigenvalue weighted by Gasteiger charge is 2.27. The first-order chi connectivity index (χ1) is 14.2. The van der Waals surface area contributed by atoms with Gasteiger partial charge in [-0.1, -0.05) is 50.2 Å². The fourth-order valence-corrected chi connectivity index (χ4v) is 3.11. The number of hydrogen-bond donors (Lipinski definition) is 1. The van der Waals surface area contributed by atoms with Crippen molar-refractivity contribution in [2.45, 2.75) is 54.1 Å².